The molecule has 0 saturated carbocycles. The molecule has 0 radical (unpaired) electrons. The van der Waals surface area contributed by atoms with Crippen LogP contribution in [-0.2, 0) is 14.2 Å². The molecular weight excluding hydrogens is 476 g/mol. The van der Waals surface area contributed by atoms with Crippen LogP contribution in [0.15, 0.2) is 50.0 Å². The van der Waals surface area contributed by atoms with E-state index in [-0.39, 0.29) is 6.61 Å². The van der Waals surface area contributed by atoms with Crippen LogP contribution in [0, 0.1) is 0 Å². The average Bonchev–Trinajstić information content (AvgIpc) is 3.16. The van der Waals surface area contributed by atoms with Gasteiger partial charge in [0.25, 0.3) is 0 Å². The van der Waals surface area contributed by atoms with Crippen molar-refractivity contribution in [2.75, 3.05) is 6.61 Å². The van der Waals surface area contributed by atoms with Crippen molar-refractivity contribution in [2.24, 2.45) is 0 Å². The van der Waals surface area contributed by atoms with E-state index in [0.29, 0.717) is 16.0 Å². The van der Waals surface area contributed by atoms with E-state index in [2.05, 4.69) is 31.9 Å². The molecule has 3 heterocycles. The summed E-state index contributed by atoms with van der Waals surface area (Å²) in [4.78, 5) is 0. The van der Waals surface area contributed by atoms with Crippen LogP contribution in [0.4, 0.5) is 0 Å². The molecule has 6 unspecified atom stereocenters. The number of aliphatic hydroxyl groups excluding tert-OH is 2. The number of ether oxygens (including phenoxy) is 4. The fourth-order valence-corrected chi connectivity index (χ4v) is 4.08. The van der Waals surface area contributed by atoms with E-state index in [4.69, 9.17) is 23.4 Å². The maximum atomic E-state index is 10.5. The molecule has 1 aromatic carbocycles. The van der Waals surface area contributed by atoms with Gasteiger partial charge >= 0.3 is 0 Å². The largest absolute Gasteiger partial charge is 0.464 e. The number of fused-ring (bicyclic) bond motifs is 1. The van der Waals surface area contributed by atoms with Gasteiger partial charge < -0.3 is 33.6 Å². The van der Waals surface area contributed by atoms with Gasteiger partial charge in [-0.25, -0.2) is 0 Å². The van der Waals surface area contributed by atoms with Gasteiger partial charge in [-0.1, -0.05) is 15.9 Å². The number of furan rings is 1. The van der Waals surface area contributed by atoms with Crippen LogP contribution < -0.4 is 4.74 Å². The van der Waals surface area contributed by atoms with E-state index in [9.17, 15) is 10.2 Å². The fraction of sp³-hybridized carbons (Fsp3) is 0.412. The number of hydrogen-bond donors (Lipinski definition) is 2. The third-order valence-electron chi connectivity index (χ3n) is 4.25. The molecule has 2 aromatic rings. The Bertz CT molecular complexity index is 752. The quantitative estimate of drug-likeness (QED) is 0.682. The first-order valence-electron chi connectivity index (χ1n) is 7.96. The lowest BCUT2D eigenvalue weighted by Gasteiger charge is -2.45. The predicted octanol–water partition coefficient (Wildman–Crippen LogP) is 2.74. The molecule has 2 aliphatic heterocycles. The first-order valence-corrected chi connectivity index (χ1v) is 9.55. The Morgan fingerprint density at radius 2 is 1.92 bits per heavy atom. The number of halogens is 2. The van der Waals surface area contributed by atoms with Crippen LogP contribution >= 0.6 is 31.9 Å². The van der Waals surface area contributed by atoms with Crippen molar-refractivity contribution in [1.82, 2.24) is 0 Å². The maximum absolute atomic E-state index is 10.5. The molecular formula is C17H16Br2O7. The third kappa shape index (κ3) is 3.57. The van der Waals surface area contributed by atoms with E-state index in [1.165, 1.54) is 6.26 Å². The molecule has 7 nitrogen and oxygen atoms in total. The molecule has 2 fully saturated rings. The fourth-order valence-electron chi connectivity index (χ4n) is 2.94. The summed E-state index contributed by atoms with van der Waals surface area (Å²) in [6.45, 7) is 0.168. The standard InChI is InChI=1S/C17H16Br2O7/c18-8-3-4-10(9(19)6-8)24-17-14(21)13(20)15-12(25-17)7-23-16(26-15)11-2-1-5-22-11/h1-6,12-17,20-21H,7H2. The first kappa shape index (κ1) is 18.4. The van der Waals surface area contributed by atoms with Crippen LogP contribution in [0.1, 0.15) is 12.1 Å². The summed E-state index contributed by atoms with van der Waals surface area (Å²) < 4.78 is 29.7. The van der Waals surface area contributed by atoms with Gasteiger partial charge in [0.2, 0.25) is 12.6 Å². The van der Waals surface area contributed by atoms with Crippen LogP contribution in [0.5, 0.6) is 5.75 Å². The average molecular weight is 492 g/mol. The number of aliphatic hydroxyl groups is 2. The monoisotopic (exact) mass is 490 g/mol. The smallest absolute Gasteiger partial charge is 0.229 e. The summed E-state index contributed by atoms with van der Waals surface area (Å²) in [6, 6.07) is 8.77. The van der Waals surface area contributed by atoms with E-state index >= 15 is 0 Å². The van der Waals surface area contributed by atoms with Crippen molar-refractivity contribution in [2.45, 2.75) is 37.0 Å². The molecule has 0 aliphatic carbocycles. The van der Waals surface area contributed by atoms with E-state index in [1.54, 1.807) is 24.3 Å². The van der Waals surface area contributed by atoms with Crippen molar-refractivity contribution in [3.63, 3.8) is 0 Å². The van der Waals surface area contributed by atoms with Crippen LogP contribution in [0.25, 0.3) is 0 Å². The Morgan fingerprint density at radius 3 is 2.65 bits per heavy atom. The molecule has 6 atom stereocenters. The molecule has 0 amide bonds. The normalized spacial score (nSPS) is 34.3. The lowest BCUT2D eigenvalue weighted by molar-refractivity contribution is -0.352. The Kier molecular flexibility index (Phi) is 5.38. The second kappa shape index (κ2) is 7.59. The van der Waals surface area contributed by atoms with Gasteiger partial charge in [0.05, 0.1) is 17.3 Å². The second-order valence-electron chi connectivity index (χ2n) is 6.00. The highest BCUT2D eigenvalue weighted by Gasteiger charge is 2.50. The molecule has 0 spiro atoms. The zero-order valence-corrected chi connectivity index (χ0v) is 16.5. The minimum absolute atomic E-state index is 0.168. The molecule has 1 aromatic heterocycles. The molecule has 2 saturated heterocycles. The van der Waals surface area contributed by atoms with E-state index < -0.39 is 37.0 Å². The van der Waals surface area contributed by atoms with Gasteiger partial charge in [-0.3, -0.25) is 0 Å². The van der Waals surface area contributed by atoms with Crippen LogP contribution in [0.3, 0.4) is 0 Å². The van der Waals surface area contributed by atoms with E-state index in [0.717, 1.165) is 4.47 Å². The molecule has 0 bridgehead atoms. The SMILES string of the molecule is OC1C(Oc2ccc(Br)cc2Br)OC2COC(c3ccco3)OC2C1O. The zero-order valence-electron chi connectivity index (χ0n) is 13.3. The summed E-state index contributed by atoms with van der Waals surface area (Å²) >= 11 is 6.76. The molecule has 4 rings (SSSR count). The lowest BCUT2D eigenvalue weighted by atomic mass is 9.98. The predicted molar refractivity (Wildman–Crippen MR) is 95.4 cm³/mol. The molecule has 140 valence electrons. The van der Waals surface area contributed by atoms with E-state index in [1.807, 2.05) is 6.07 Å². The number of rotatable bonds is 3. The summed E-state index contributed by atoms with van der Waals surface area (Å²) in [6.07, 6.45) is -4.14. The second-order valence-corrected chi connectivity index (χ2v) is 7.77. The Labute approximate surface area is 166 Å². The Morgan fingerprint density at radius 1 is 1.08 bits per heavy atom. The van der Waals surface area contributed by atoms with Crippen LogP contribution in [-0.4, -0.2) is 47.5 Å². The van der Waals surface area contributed by atoms with Crippen LogP contribution in [0.2, 0.25) is 0 Å². The Balaban J connectivity index is 1.47. The van der Waals surface area contributed by atoms with Gasteiger partial charge in [0.1, 0.15) is 30.2 Å². The van der Waals surface area contributed by atoms with Gasteiger partial charge in [-0.2, -0.15) is 0 Å². The summed E-state index contributed by atoms with van der Waals surface area (Å²) in [5.41, 5.74) is 0. The minimum Gasteiger partial charge on any atom is -0.464 e. The van der Waals surface area contributed by atoms with Crippen molar-refractivity contribution in [1.29, 1.82) is 0 Å². The van der Waals surface area contributed by atoms with Crippen molar-refractivity contribution in [3.05, 3.63) is 51.3 Å². The molecule has 2 aliphatic rings. The summed E-state index contributed by atoms with van der Waals surface area (Å²) in [5.74, 6) is 0.969. The molecule has 26 heavy (non-hydrogen) atoms. The summed E-state index contributed by atoms with van der Waals surface area (Å²) in [7, 11) is 0. The summed E-state index contributed by atoms with van der Waals surface area (Å²) in [5, 5.41) is 20.9. The Hall–Kier alpha value is -0.940. The highest BCUT2D eigenvalue weighted by molar-refractivity contribution is 9.11. The van der Waals surface area contributed by atoms with Gasteiger partial charge in [-0.15, -0.1) is 0 Å². The minimum atomic E-state index is -1.29. The van der Waals surface area contributed by atoms with Crippen molar-refractivity contribution >= 4 is 31.9 Å². The van der Waals surface area contributed by atoms with Gasteiger partial charge in [0.15, 0.2) is 5.76 Å². The molecule has 2 N–H and O–H groups in total. The van der Waals surface area contributed by atoms with Gasteiger partial charge in [0, 0.05) is 4.47 Å². The number of benzene rings is 1. The third-order valence-corrected chi connectivity index (χ3v) is 5.36. The highest BCUT2D eigenvalue weighted by atomic mass is 79.9. The molecule has 9 heteroatoms. The maximum Gasteiger partial charge on any atom is 0.229 e. The number of hydrogen-bond acceptors (Lipinski definition) is 7. The van der Waals surface area contributed by atoms with Gasteiger partial charge in [-0.05, 0) is 46.3 Å². The highest BCUT2D eigenvalue weighted by Crippen LogP contribution is 2.36. The van der Waals surface area contributed by atoms with Crippen molar-refractivity contribution in [3.8, 4) is 5.75 Å². The zero-order chi connectivity index (χ0) is 18.3. The first-order chi connectivity index (χ1) is 12.5. The topological polar surface area (TPSA) is 90.5 Å². The lowest BCUT2D eigenvalue weighted by Crippen LogP contribution is -2.62. The van der Waals surface area contributed by atoms with Crippen molar-refractivity contribution < 1.29 is 33.6 Å².